The van der Waals surface area contributed by atoms with E-state index in [0.717, 1.165) is 0 Å². The van der Waals surface area contributed by atoms with Gasteiger partial charge in [-0.3, -0.25) is 4.79 Å². The Labute approximate surface area is 60.3 Å². The number of rotatable bonds is 2. The van der Waals surface area contributed by atoms with Gasteiger partial charge < -0.3 is 9.47 Å². The van der Waals surface area contributed by atoms with Crippen molar-refractivity contribution in [3.8, 4) is 0 Å². The minimum Gasteiger partial charge on any atom is -0.462 e. The predicted octanol–water partition coefficient (Wildman–Crippen LogP) is 0.748. The van der Waals surface area contributed by atoms with Crippen LogP contribution in [-0.4, -0.2) is 19.2 Å². The normalized spacial score (nSPS) is 21.4. The third-order valence-electron chi connectivity index (χ3n) is 1.63. The summed E-state index contributed by atoms with van der Waals surface area (Å²) in [6.45, 7) is 3.30. The summed E-state index contributed by atoms with van der Waals surface area (Å²) in [6, 6.07) is 0. The average molecular weight is 143 g/mol. The van der Waals surface area contributed by atoms with Gasteiger partial charge in [-0.25, -0.2) is 0 Å². The highest BCUT2D eigenvalue weighted by molar-refractivity contribution is 5.70. The molecule has 0 spiro atoms. The van der Waals surface area contributed by atoms with Crippen LogP contribution in [0, 0.1) is 12.5 Å². The summed E-state index contributed by atoms with van der Waals surface area (Å²) in [4.78, 5) is 10.7. The van der Waals surface area contributed by atoms with Gasteiger partial charge in [0, 0.05) is 5.41 Å². The minimum atomic E-state index is -0.259. The maximum atomic E-state index is 10.7. The van der Waals surface area contributed by atoms with Crippen LogP contribution in [0.2, 0.25) is 0 Å². The first-order chi connectivity index (χ1) is 4.66. The number of carbonyl (C=O) groups is 1. The Kier molecular flexibility index (Phi) is 1.94. The molecule has 3 heteroatoms. The molecule has 0 aromatic carbocycles. The van der Waals surface area contributed by atoms with E-state index in [1.165, 1.54) is 0 Å². The first-order valence-corrected chi connectivity index (χ1v) is 3.19. The summed E-state index contributed by atoms with van der Waals surface area (Å²) in [5.41, 5.74) is 0.00870. The number of hydrogen-bond acceptors (Lipinski definition) is 3. The lowest BCUT2D eigenvalue weighted by Gasteiger charge is -2.36. The van der Waals surface area contributed by atoms with E-state index < -0.39 is 0 Å². The standard InChI is InChI=1S/C7H11O3/c1-7(4-10-5-7)3-6(8)9-2/h2-5H2,1H3. The predicted molar refractivity (Wildman–Crippen MR) is 35.0 cm³/mol. The lowest BCUT2D eigenvalue weighted by Crippen LogP contribution is -2.41. The second kappa shape index (κ2) is 2.58. The SMILES string of the molecule is [CH2]OC(=O)CC1(C)COC1. The van der Waals surface area contributed by atoms with Gasteiger partial charge in [0.2, 0.25) is 0 Å². The van der Waals surface area contributed by atoms with E-state index >= 15 is 0 Å². The summed E-state index contributed by atoms with van der Waals surface area (Å²) < 4.78 is 9.23. The van der Waals surface area contributed by atoms with Crippen molar-refractivity contribution in [2.75, 3.05) is 13.2 Å². The Bertz CT molecular complexity index is 138. The number of esters is 1. The summed E-state index contributed by atoms with van der Waals surface area (Å²) in [5, 5.41) is 0. The van der Waals surface area contributed by atoms with Crippen LogP contribution in [0.15, 0.2) is 0 Å². The molecule has 0 saturated carbocycles. The van der Waals surface area contributed by atoms with Crippen LogP contribution in [-0.2, 0) is 14.3 Å². The molecule has 0 N–H and O–H groups in total. The highest BCUT2D eigenvalue weighted by atomic mass is 16.5. The van der Waals surface area contributed by atoms with Gasteiger partial charge in [-0.2, -0.15) is 0 Å². The second-order valence-electron chi connectivity index (χ2n) is 3.00. The van der Waals surface area contributed by atoms with Crippen LogP contribution in [0.5, 0.6) is 0 Å². The molecule has 0 aliphatic carbocycles. The molecular formula is C7H11O3. The highest BCUT2D eigenvalue weighted by Gasteiger charge is 2.35. The largest absolute Gasteiger partial charge is 0.462 e. The summed E-state index contributed by atoms with van der Waals surface area (Å²) in [5.74, 6) is -0.259. The molecule has 0 bridgehead atoms. The van der Waals surface area contributed by atoms with Crippen molar-refractivity contribution in [1.29, 1.82) is 0 Å². The molecule has 0 aromatic rings. The molecule has 10 heavy (non-hydrogen) atoms. The van der Waals surface area contributed by atoms with Gasteiger partial charge in [-0.1, -0.05) is 6.92 Å². The monoisotopic (exact) mass is 143 g/mol. The first-order valence-electron chi connectivity index (χ1n) is 3.19. The van der Waals surface area contributed by atoms with Gasteiger partial charge in [0.15, 0.2) is 0 Å². The average Bonchev–Trinajstić information content (AvgIpc) is 1.84. The fourth-order valence-electron chi connectivity index (χ4n) is 0.952. The van der Waals surface area contributed by atoms with E-state index in [1.54, 1.807) is 0 Å². The highest BCUT2D eigenvalue weighted by Crippen LogP contribution is 2.30. The van der Waals surface area contributed by atoms with E-state index in [1.807, 2.05) is 6.92 Å². The molecule has 1 heterocycles. The molecule has 0 aromatic heterocycles. The van der Waals surface area contributed by atoms with Crippen molar-refractivity contribution in [3.05, 3.63) is 7.11 Å². The maximum Gasteiger partial charge on any atom is 0.306 e. The molecule has 57 valence electrons. The number of carbonyl (C=O) groups excluding carboxylic acids is 1. The van der Waals surface area contributed by atoms with Crippen LogP contribution >= 0.6 is 0 Å². The zero-order valence-corrected chi connectivity index (χ0v) is 6.05. The van der Waals surface area contributed by atoms with Crippen molar-refractivity contribution in [1.82, 2.24) is 0 Å². The number of ether oxygens (including phenoxy) is 2. The smallest absolute Gasteiger partial charge is 0.306 e. The quantitative estimate of drug-likeness (QED) is 0.535. The third-order valence-corrected chi connectivity index (χ3v) is 1.63. The lowest BCUT2D eigenvalue weighted by molar-refractivity contribution is -0.154. The molecule has 0 atom stereocenters. The summed E-state index contributed by atoms with van der Waals surface area (Å²) in [7, 11) is 3.04. The minimum absolute atomic E-state index is 0.00870. The second-order valence-corrected chi connectivity index (χ2v) is 3.00. The van der Waals surface area contributed by atoms with E-state index in [4.69, 9.17) is 4.74 Å². The molecule has 1 saturated heterocycles. The van der Waals surface area contributed by atoms with E-state index in [0.29, 0.717) is 19.6 Å². The van der Waals surface area contributed by atoms with E-state index in [9.17, 15) is 4.79 Å². The Hall–Kier alpha value is -0.570. The zero-order chi connectivity index (χ0) is 7.61. The Morgan fingerprint density at radius 2 is 2.40 bits per heavy atom. The van der Waals surface area contributed by atoms with Crippen LogP contribution in [0.4, 0.5) is 0 Å². The summed E-state index contributed by atoms with van der Waals surface area (Å²) in [6.07, 6.45) is 0.413. The fourth-order valence-corrected chi connectivity index (χ4v) is 0.952. The Morgan fingerprint density at radius 1 is 1.80 bits per heavy atom. The lowest BCUT2D eigenvalue weighted by atomic mass is 9.85. The molecule has 0 amide bonds. The molecule has 1 aliphatic rings. The van der Waals surface area contributed by atoms with Gasteiger partial charge >= 0.3 is 5.97 Å². The van der Waals surface area contributed by atoms with E-state index in [2.05, 4.69) is 11.8 Å². The molecular weight excluding hydrogens is 132 g/mol. The number of hydrogen-bond donors (Lipinski definition) is 0. The van der Waals surface area contributed by atoms with Crippen LogP contribution in [0.3, 0.4) is 0 Å². The van der Waals surface area contributed by atoms with Gasteiger partial charge in [0.25, 0.3) is 0 Å². The van der Waals surface area contributed by atoms with Crippen molar-refractivity contribution in [2.24, 2.45) is 5.41 Å². The van der Waals surface area contributed by atoms with Crippen molar-refractivity contribution in [3.63, 3.8) is 0 Å². The molecule has 3 nitrogen and oxygen atoms in total. The van der Waals surface area contributed by atoms with Crippen molar-refractivity contribution >= 4 is 5.97 Å². The zero-order valence-electron chi connectivity index (χ0n) is 6.05. The van der Waals surface area contributed by atoms with Gasteiger partial charge in [-0.15, -0.1) is 0 Å². The molecule has 0 unspecified atom stereocenters. The maximum absolute atomic E-state index is 10.7. The topological polar surface area (TPSA) is 35.5 Å². The third kappa shape index (κ3) is 1.48. The fraction of sp³-hybridized carbons (Fsp3) is 0.714. The molecule has 1 radical (unpaired) electrons. The van der Waals surface area contributed by atoms with Crippen molar-refractivity contribution in [2.45, 2.75) is 13.3 Å². The van der Waals surface area contributed by atoms with Gasteiger partial charge in [0.05, 0.1) is 19.6 Å². The van der Waals surface area contributed by atoms with Gasteiger partial charge in [0.1, 0.15) is 7.11 Å². The molecule has 1 aliphatic heterocycles. The van der Waals surface area contributed by atoms with Gasteiger partial charge in [-0.05, 0) is 0 Å². The van der Waals surface area contributed by atoms with Crippen LogP contribution < -0.4 is 0 Å². The summed E-state index contributed by atoms with van der Waals surface area (Å²) >= 11 is 0. The van der Waals surface area contributed by atoms with Crippen LogP contribution in [0.1, 0.15) is 13.3 Å². The molecule has 1 fully saturated rings. The van der Waals surface area contributed by atoms with Crippen molar-refractivity contribution < 1.29 is 14.3 Å². The van der Waals surface area contributed by atoms with E-state index in [-0.39, 0.29) is 11.4 Å². The molecule has 1 rings (SSSR count). The Morgan fingerprint density at radius 3 is 2.70 bits per heavy atom. The Balaban J connectivity index is 2.29. The van der Waals surface area contributed by atoms with Crippen LogP contribution in [0.25, 0.3) is 0 Å². The first kappa shape index (κ1) is 7.54.